The van der Waals surface area contributed by atoms with Gasteiger partial charge in [-0.2, -0.15) is 0 Å². The van der Waals surface area contributed by atoms with E-state index in [0.717, 1.165) is 46.3 Å². The minimum atomic E-state index is -1.42. The van der Waals surface area contributed by atoms with Crippen molar-refractivity contribution in [3.05, 3.63) is 70.8 Å². The molecule has 12 heteroatoms. The highest BCUT2D eigenvalue weighted by Gasteiger charge is 2.48. The summed E-state index contributed by atoms with van der Waals surface area (Å²) in [6.07, 6.45) is -1.09. The van der Waals surface area contributed by atoms with Crippen LogP contribution >= 0.6 is 0 Å². The lowest BCUT2D eigenvalue weighted by molar-refractivity contribution is -0.169. The molecule has 0 spiro atoms. The number of esters is 2. The van der Waals surface area contributed by atoms with E-state index in [0.29, 0.717) is 0 Å². The highest BCUT2D eigenvalue weighted by molar-refractivity contribution is 6.03. The van der Waals surface area contributed by atoms with Crippen LogP contribution in [-0.2, 0) is 51.3 Å². The number of carbonyl (C=O) groups is 6. The number of piperazine rings is 1. The maximum atomic E-state index is 13.7. The monoisotopic (exact) mass is 580 g/mol. The van der Waals surface area contributed by atoms with Gasteiger partial charge < -0.3 is 29.9 Å². The standard InChI is InChI=1S/C30H36N4O8/c1-19-5-9-21(10-6-19)15-31-25(35)17-33-23(13-27(37)41-3)30(40)34(24(29(33)39)14-28(38)42-4)18-26(36)32-16-22-11-7-20(2)8-12-22/h5-12,23-24H,13-18H2,1-4H3,(H,31,35)(H,32,36)/t23-,24-/m0/s1. The second-order valence-electron chi connectivity index (χ2n) is 10.0. The van der Waals surface area contributed by atoms with Gasteiger partial charge in [-0.1, -0.05) is 59.7 Å². The van der Waals surface area contributed by atoms with Gasteiger partial charge in [0.25, 0.3) is 0 Å². The quantitative estimate of drug-likeness (QED) is 0.350. The van der Waals surface area contributed by atoms with Crippen LogP contribution in [0.5, 0.6) is 0 Å². The number of carbonyl (C=O) groups excluding carboxylic acids is 6. The lowest BCUT2D eigenvalue weighted by Gasteiger charge is -2.43. The Morgan fingerprint density at radius 3 is 1.29 bits per heavy atom. The number of nitrogens with one attached hydrogen (secondary N) is 2. The van der Waals surface area contributed by atoms with Crippen molar-refractivity contribution in [2.24, 2.45) is 0 Å². The van der Waals surface area contributed by atoms with Crippen molar-refractivity contribution in [1.82, 2.24) is 20.4 Å². The summed E-state index contributed by atoms with van der Waals surface area (Å²) >= 11 is 0. The van der Waals surface area contributed by atoms with Crippen molar-refractivity contribution < 1.29 is 38.2 Å². The second-order valence-corrected chi connectivity index (χ2v) is 10.0. The molecule has 1 saturated heterocycles. The average molecular weight is 581 g/mol. The number of amides is 4. The fourth-order valence-corrected chi connectivity index (χ4v) is 4.44. The first kappa shape index (κ1) is 31.8. The van der Waals surface area contributed by atoms with Crippen LogP contribution in [0.15, 0.2) is 48.5 Å². The van der Waals surface area contributed by atoms with Gasteiger partial charge in [0.2, 0.25) is 23.6 Å². The first-order valence-electron chi connectivity index (χ1n) is 13.4. The number of methoxy groups -OCH3 is 2. The number of benzene rings is 2. The van der Waals surface area contributed by atoms with Crippen LogP contribution in [0.25, 0.3) is 0 Å². The molecular weight excluding hydrogens is 544 g/mol. The van der Waals surface area contributed by atoms with Crippen LogP contribution in [0, 0.1) is 13.8 Å². The molecule has 1 aliphatic heterocycles. The zero-order valence-corrected chi connectivity index (χ0v) is 24.2. The van der Waals surface area contributed by atoms with Crippen molar-refractivity contribution in [3.63, 3.8) is 0 Å². The van der Waals surface area contributed by atoms with Crippen molar-refractivity contribution >= 4 is 35.6 Å². The van der Waals surface area contributed by atoms with Gasteiger partial charge in [0.05, 0.1) is 27.1 Å². The molecule has 2 aromatic rings. The summed E-state index contributed by atoms with van der Waals surface area (Å²) in [5.41, 5.74) is 3.76. The van der Waals surface area contributed by atoms with Gasteiger partial charge in [-0.25, -0.2) is 0 Å². The van der Waals surface area contributed by atoms with Gasteiger partial charge in [0, 0.05) is 13.1 Å². The summed E-state index contributed by atoms with van der Waals surface area (Å²) in [6.45, 7) is 3.12. The fourth-order valence-electron chi connectivity index (χ4n) is 4.44. The topological polar surface area (TPSA) is 151 Å². The summed E-state index contributed by atoms with van der Waals surface area (Å²) in [5, 5.41) is 5.41. The summed E-state index contributed by atoms with van der Waals surface area (Å²) < 4.78 is 9.45. The van der Waals surface area contributed by atoms with Gasteiger partial charge in [-0.15, -0.1) is 0 Å². The van der Waals surface area contributed by atoms with Crippen molar-refractivity contribution in [1.29, 1.82) is 0 Å². The van der Waals surface area contributed by atoms with E-state index in [9.17, 15) is 28.8 Å². The molecule has 1 fully saturated rings. The second kappa shape index (κ2) is 14.8. The number of hydrogen-bond acceptors (Lipinski definition) is 8. The first-order chi connectivity index (χ1) is 20.0. The Bertz CT molecular complexity index is 1210. The average Bonchev–Trinajstić information content (AvgIpc) is 2.98. The van der Waals surface area contributed by atoms with Gasteiger partial charge in [0.1, 0.15) is 25.2 Å². The third-order valence-corrected chi connectivity index (χ3v) is 6.91. The van der Waals surface area contributed by atoms with Crippen LogP contribution in [0.4, 0.5) is 0 Å². The number of rotatable bonds is 12. The lowest BCUT2D eigenvalue weighted by atomic mass is 9.99. The molecule has 0 radical (unpaired) electrons. The molecule has 0 aliphatic carbocycles. The lowest BCUT2D eigenvalue weighted by Crippen LogP contribution is -2.67. The van der Waals surface area contributed by atoms with E-state index in [-0.39, 0.29) is 13.1 Å². The maximum absolute atomic E-state index is 13.7. The number of nitrogens with zero attached hydrogens (tertiary/aromatic N) is 2. The predicted octanol–water partition coefficient (Wildman–Crippen LogP) is 0.770. The highest BCUT2D eigenvalue weighted by atomic mass is 16.5. The van der Waals surface area contributed by atoms with Crippen molar-refractivity contribution in [3.8, 4) is 0 Å². The summed E-state index contributed by atoms with van der Waals surface area (Å²) in [4.78, 5) is 79.6. The molecule has 224 valence electrons. The molecule has 0 aromatic heterocycles. The zero-order valence-electron chi connectivity index (χ0n) is 24.2. The van der Waals surface area contributed by atoms with Crippen molar-refractivity contribution in [2.75, 3.05) is 27.3 Å². The van der Waals surface area contributed by atoms with Crippen LogP contribution in [0.1, 0.15) is 35.1 Å². The van der Waals surface area contributed by atoms with E-state index >= 15 is 0 Å². The SMILES string of the molecule is COC(=O)C[C@H]1C(=O)N(CC(=O)NCc2ccc(C)cc2)[C@@H](CC(=O)OC)C(=O)N1CC(=O)NCc1ccc(C)cc1. The Labute approximate surface area is 244 Å². The molecule has 2 aromatic carbocycles. The Balaban J connectivity index is 1.80. The Morgan fingerprint density at radius 2 is 0.976 bits per heavy atom. The number of aryl methyl sites for hydroxylation is 2. The highest BCUT2D eigenvalue weighted by Crippen LogP contribution is 2.23. The van der Waals surface area contributed by atoms with Gasteiger partial charge >= 0.3 is 11.9 Å². The van der Waals surface area contributed by atoms with Crippen LogP contribution in [0.3, 0.4) is 0 Å². The Morgan fingerprint density at radius 1 is 0.643 bits per heavy atom. The molecule has 2 N–H and O–H groups in total. The molecule has 4 amide bonds. The number of ether oxygens (including phenoxy) is 2. The van der Waals surface area contributed by atoms with E-state index < -0.39 is 73.6 Å². The van der Waals surface area contributed by atoms with Crippen molar-refractivity contribution in [2.45, 2.75) is 51.9 Å². The van der Waals surface area contributed by atoms with Crippen LogP contribution in [-0.4, -0.2) is 84.8 Å². The zero-order chi connectivity index (χ0) is 30.8. The third-order valence-electron chi connectivity index (χ3n) is 6.91. The molecule has 2 atom stereocenters. The Kier molecular flexibility index (Phi) is 11.2. The van der Waals surface area contributed by atoms with Gasteiger partial charge in [-0.05, 0) is 25.0 Å². The van der Waals surface area contributed by atoms with E-state index in [2.05, 4.69) is 10.6 Å². The van der Waals surface area contributed by atoms with E-state index in [1.165, 1.54) is 0 Å². The largest absolute Gasteiger partial charge is 0.469 e. The minimum Gasteiger partial charge on any atom is -0.469 e. The maximum Gasteiger partial charge on any atom is 0.308 e. The predicted molar refractivity (Wildman–Crippen MR) is 150 cm³/mol. The molecular formula is C30H36N4O8. The van der Waals surface area contributed by atoms with E-state index in [1.54, 1.807) is 0 Å². The minimum absolute atomic E-state index is 0.176. The summed E-state index contributed by atoms with van der Waals surface area (Å²) in [6, 6.07) is 12.1. The molecule has 3 rings (SSSR count). The Hall–Kier alpha value is -4.74. The fraction of sp³-hybridized carbons (Fsp3) is 0.400. The van der Waals surface area contributed by atoms with Gasteiger partial charge in [-0.3, -0.25) is 28.8 Å². The smallest absolute Gasteiger partial charge is 0.308 e. The number of hydrogen-bond donors (Lipinski definition) is 2. The molecule has 42 heavy (non-hydrogen) atoms. The molecule has 12 nitrogen and oxygen atoms in total. The molecule has 0 bridgehead atoms. The van der Waals surface area contributed by atoms with Gasteiger partial charge in [0.15, 0.2) is 0 Å². The third kappa shape index (κ3) is 8.63. The van der Waals surface area contributed by atoms with E-state index in [1.807, 2.05) is 62.4 Å². The molecule has 0 saturated carbocycles. The normalized spacial score (nSPS) is 16.6. The molecule has 0 unspecified atom stereocenters. The summed E-state index contributed by atoms with van der Waals surface area (Å²) in [7, 11) is 2.26. The van der Waals surface area contributed by atoms with E-state index in [4.69, 9.17) is 9.47 Å². The first-order valence-corrected chi connectivity index (χ1v) is 13.4. The molecule has 1 aliphatic rings. The summed E-state index contributed by atoms with van der Waals surface area (Å²) in [5.74, 6) is -4.28. The van der Waals surface area contributed by atoms with Crippen LogP contribution < -0.4 is 10.6 Å². The van der Waals surface area contributed by atoms with Crippen LogP contribution in [0.2, 0.25) is 0 Å². The molecule has 1 heterocycles.